The van der Waals surface area contributed by atoms with Crippen LogP contribution >= 0.6 is 15.9 Å². The van der Waals surface area contributed by atoms with E-state index in [4.69, 9.17) is 0 Å². The lowest BCUT2D eigenvalue weighted by Gasteiger charge is -2.04. The monoisotopic (exact) mass is 334 g/mol. The van der Waals surface area contributed by atoms with Gasteiger partial charge < -0.3 is 5.32 Å². The number of hydrogen-bond donors (Lipinski definition) is 1. The van der Waals surface area contributed by atoms with E-state index in [1.165, 1.54) is 22.7 Å². The van der Waals surface area contributed by atoms with Gasteiger partial charge in [0.15, 0.2) is 11.3 Å². The zero-order valence-electron chi connectivity index (χ0n) is 10.0. The average molecular weight is 335 g/mol. The van der Waals surface area contributed by atoms with E-state index in [0.717, 1.165) is 0 Å². The smallest absolute Gasteiger partial charge is 0.276 e. The summed E-state index contributed by atoms with van der Waals surface area (Å²) < 4.78 is 15.7. The number of rotatable bonds is 2. The van der Waals surface area contributed by atoms with Gasteiger partial charge in [-0.15, -0.1) is 0 Å². The second-order valence-corrected chi connectivity index (χ2v) is 4.95. The van der Waals surface area contributed by atoms with E-state index in [1.54, 1.807) is 24.5 Å². The molecule has 1 aromatic carbocycles. The van der Waals surface area contributed by atoms with Crippen LogP contribution in [-0.4, -0.2) is 20.5 Å². The molecule has 0 saturated carbocycles. The third-order valence-corrected chi connectivity index (χ3v) is 3.14. The molecule has 1 N–H and O–H groups in total. The van der Waals surface area contributed by atoms with Gasteiger partial charge in [-0.05, 0) is 24.3 Å². The van der Waals surface area contributed by atoms with Crippen molar-refractivity contribution < 1.29 is 9.18 Å². The quantitative estimate of drug-likeness (QED) is 0.783. The fraction of sp³-hybridized carbons (Fsp3) is 0. The molecule has 0 aliphatic carbocycles. The number of aromatic nitrogens is 3. The first-order valence-electron chi connectivity index (χ1n) is 5.70. The molecular formula is C13H8BrFN4O. The van der Waals surface area contributed by atoms with Gasteiger partial charge in [0, 0.05) is 22.9 Å². The lowest BCUT2D eigenvalue weighted by molar-refractivity contribution is 0.102. The molecular weight excluding hydrogens is 327 g/mol. The molecule has 20 heavy (non-hydrogen) atoms. The van der Waals surface area contributed by atoms with Crippen molar-refractivity contribution in [3.05, 3.63) is 58.7 Å². The molecule has 3 aromatic rings. The van der Waals surface area contributed by atoms with Crippen LogP contribution in [0.2, 0.25) is 0 Å². The minimum Gasteiger partial charge on any atom is -0.318 e. The van der Waals surface area contributed by atoms with Crippen LogP contribution in [0, 0.1) is 5.82 Å². The van der Waals surface area contributed by atoms with E-state index in [2.05, 4.69) is 31.3 Å². The summed E-state index contributed by atoms with van der Waals surface area (Å²) in [4.78, 5) is 16.1. The highest BCUT2D eigenvalue weighted by Gasteiger charge is 2.13. The highest BCUT2D eigenvalue weighted by molar-refractivity contribution is 9.10. The Morgan fingerprint density at radius 2 is 2.20 bits per heavy atom. The van der Waals surface area contributed by atoms with Crippen LogP contribution in [0.3, 0.4) is 0 Å². The number of halogens is 2. The van der Waals surface area contributed by atoms with Gasteiger partial charge in [0.25, 0.3) is 5.91 Å². The molecule has 3 rings (SSSR count). The minimum absolute atomic E-state index is 0.100. The van der Waals surface area contributed by atoms with Crippen molar-refractivity contribution in [1.82, 2.24) is 14.6 Å². The van der Waals surface area contributed by atoms with E-state index in [9.17, 15) is 9.18 Å². The lowest BCUT2D eigenvalue weighted by Crippen LogP contribution is -2.13. The summed E-state index contributed by atoms with van der Waals surface area (Å²) in [6.45, 7) is 0. The van der Waals surface area contributed by atoms with Gasteiger partial charge in [-0.25, -0.2) is 13.9 Å². The van der Waals surface area contributed by atoms with Crippen molar-refractivity contribution in [2.24, 2.45) is 0 Å². The minimum atomic E-state index is -0.519. The summed E-state index contributed by atoms with van der Waals surface area (Å²) in [5, 5.41) is 6.54. The van der Waals surface area contributed by atoms with Crippen LogP contribution in [-0.2, 0) is 0 Å². The van der Waals surface area contributed by atoms with Crippen LogP contribution in [0.25, 0.3) is 5.65 Å². The number of nitrogens with one attached hydrogen (secondary N) is 1. The zero-order chi connectivity index (χ0) is 14.1. The highest BCUT2D eigenvalue weighted by atomic mass is 79.9. The first kappa shape index (κ1) is 12.7. The Morgan fingerprint density at radius 3 is 2.95 bits per heavy atom. The van der Waals surface area contributed by atoms with Crippen LogP contribution in [0.5, 0.6) is 0 Å². The van der Waals surface area contributed by atoms with Gasteiger partial charge >= 0.3 is 0 Å². The van der Waals surface area contributed by atoms with Crippen molar-refractivity contribution in [2.75, 3.05) is 5.32 Å². The van der Waals surface area contributed by atoms with E-state index >= 15 is 0 Å². The van der Waals surface area contributed by atoms with Gasteiger partial charge in [0.2, 0.25) is 0 Å². The summed E-state index contributed by atoms with van der Waals surface area (Å²) in [5.74, 6) is -1.01. The first-order chi connectivity index (χ1) is 9.63. The number of amides is 1. The van der Waals surface area contributed by atoms with Crippen LogP contribution in [0.4, 0.5) is 10.1 Å². The predicted octanol–water partition coefficient (Wildman–Crippen LogP) is 2.88. The molecule has 0 bridgehead atoms. The maximum absolute atomic E-state index is 13.6. The Bertz CT molecular complexity index is 769. The Morgan fingerprint density at radius 1 is 1.35 bits per heavy atom. The second-order valence-electron chi connectivity index (χ2n) is 4.03. The molecule has 0 atom stereocenters. The van der Waals surface area contributed by atoms with Gasteiger partial charge in [-0.2, -0.15) is 5.10 Å². The van der Waals surface area contributed by atoms with Crippen molar-refractivity contribution in [3.8, 4) is 0 Å². The number of nitrogens with zero attached hydrogens (tertiary/aromatic N) is 3. The molecule has 0 saturated heterocycles. The molecule has 7 heteroatoms. The number of fused-ring (bicyclic) bond motifs is 1. The number of benzene rings is 1. The Kier molecular flexibility index (Phi) is 3.19. The maximum atomic E-state index is 13.6. The maximum Gasteiger partial charge on any atom is 0.276 e. The Balaban J connectivity index is 1.89. The topological polar surface area (TPSA) is 59.3 Å². The highest BCUT2D eigenvalue weighted by Crippen LogP contribution is 2.20. The van der Waals surface area contributed by atoms with E-state index < -0.39 is 11.7 Å². The molecule has 0 unspecified atom stereocenters. The standard InChI is InChI=1S/C13H8BrFN4O/c14-8-2-3-10(9(15)6-8)17-13(20)11-7-12-16-4-1-5-19(12)18-11/h1-7H,(H,17,20). The molecule has 2 aromatic heterocycles. The Labute approximate surface area is 121 Å². The van der Waals surface area contributed by atoms with Gasteiger partial charge in [0.1, 0.15) is 5.82 Å². The van der Waals surface area contributed by atoms with Crippen molar-refractivity contribution in [3.63, 3.8) is 0 Å². The van der Waals surface area contributed by atoms with Crippen molar-refractivity contribution in [1.29, 1.82) is 0 Å². The third kappa shape index (κ3) is 2.39. The van der Waals surface area contributed by atoms with Crippen molar-refractivity contribution in [2.45, 2.75) is 0 Å². The fourth-order valence-corrected chi connectivity index (χ4v) is 2.05. The largest absolute Gasteiger partial charge is 0.318 e. The Hall–Kier alpha value is -2.28. The molecule has 0 aliphatic heterocycles. The summed E-state index contributed by atoms with van der Waals surface area (Å²) in [6, 6.07) is 7.64. The summed E-state index contributed by atoms with van der Waals surface area (Å²) in [5.41, 5.74) is 0.822. The number of carbonyl (C=O) groups excluding carboxylic acids is 1. The number of carbonyl (C=O) groups is 1. The number of anilines is 1. The molecule has 0 spiro atoms. The summed E-state index contributed by atoms with van der Waals surface area (Å²) in [7, 11) is 0. The fourth-order valence-electron chi connectivity index (χ4n) is 1.72. The van der Waals surface area contributed by atoms with E-state index in [-0.39, 0.29) is 11.4 Å². The first-order valence-corrected chi connectivity index (χ1v) is 6.49. The van der Waals surface area contributed by atoms with Crippen LogP contribution in [0.1, 0.15) is 10.5 Å². The van der Waals surface area contributed by atoms with E-state index in [0.29, 0.717) is 10.1 Å². The predicted molar refractivity (Wildman–Crippen MR) is 75.0 cm³/mol. The van der Waals surface area contributed by atoms with Crippen LogP contribution in [0.15, 0.2) is 47.2 Å². The summed E-state index contributed by atoms with van der Waals surface area (Å²) in [6.07, 6.45) is 3.28. The molecule has 0 radical (unpaired) electrons. The van der Waals surface area contributed by atoms with E-state index in [1.807, 2.05) is 0 Å². The molecule has 5 nitrogen and oxygen atoms in total. The van der Waals surface area contributed by atoms with Gasteiger partial charge in [-0.1, -0.05) is 15.9 Å². The normalized spacial score (nSPS) is 10.7. The lowest BCUT2D eigenvalue weighted by atomic mass is 10.3. The molecule has 0 fully saturated rings. The second kappa shape index (κ2) is 5.01. The van der Waals surface area contributed by atoms with Crippen LogP contribution < -0.4 is 5.32 Å². The summed E-state index contributed by atoms with van der Waals surface area (Å²) >= 11 is 3.15. The molecule has 1 amide bonds. The number of hydrogen-bond acceptors (Lipinski definition) is 3. The third-order valence-electron chi connectivity index (χ3n) is 2.65. The SMILES string of the molecule is O=C(Nc1ccc(Br)cc1F)c1cc2ncccn2n1. The van der Waals surface area contributed by atoms with Crippen molar-refractivity contribution >= 4 is 33.2 Å². The van der Waals surface area contributed by atoms with Gasteiger partial charge in [0.05, 0.1) is 5.69 Å². The zero-order valence-corrected chi connectivity index (χ0v) is 11.6. The molecule has 2 heterocycles. The molecule has 100 valence electrons. The molecule has 0 aliphatic rings. The average Bonchev–Trinajstić information content (AvgIpc) is 2.86. The van der Waals surface area contributed by atoms with Gasteiger partial charge in [-0.3, -0.25) is 4.79 Å².